The molecule has 0 unspecified atom stereocenters. The fraction of sp³-hybridized carbons (Fsp3) is 0.381. The zero-order chi connectivity index (χ0) is 19.8. The minimum Gasteiger partial charge on any atom is -0.368 e. The van der Waals surface area contributed by atoms with Crippen LogP contribution in [0.15, 0.2) is 36.5 Å². The zero-order valence-corrected chi connectivity index (χ0v) is 17.1. The lowest BCUT2D eigenvalue weighted by Gasteiger charge is -2.36. The van der Waals surface area contributed by atoms with Gasteiger partial charge in [0.25, 0.3) is 5.91 Å². The summed E-state index contributed by atoms with van der Waals surface area (Å²) in [5, 5.41) is 6.05. The van der Waals surface area contributed by atoms with Gasteiger partial charge in [-0.05, 0) is 51.1 Å². The molecule has 0 bridgehead atoms. The van der Waals surface area contributed by atoms with E-state index < -0.39 is 0 Å². The topological polar surface area (TPSA) is 54.3 Å². The second-order valence-electron chi connectivity index (χ2n) is 7.47. The zero-order valence-electron chi connectivity index (χ0n) is 16.4. The first-order valence-corrected chi connectivity index (χ1v) is 9.96. The van der Waals surface area contributed by atoms with Crippen LogP contribution in [0.4, 0.5) is 5.69 Å². The maximum atomic E-state index is 13.1. The summed E-state index contributed by atoms with van der Waals surface area (Å²) in [4.78, 5) is 22.0. The molecule has 1 saturated heterocycles. The van der Waals surface area contributed by atoms with Crippen molar-refractivity contribution >= 4 is 34.2 Å². The van der Waals surface area contributed by atoms with Crippen LogP contribution in [0.25, 0.3) is 11.0 Å². The molecule has 0 N–H and O–H groups in total. The largest absolute Gasteiger partial charge is 0.368 e. The van der Waals surface area contributed by atoms with E-state index in [0.29, 0.717) is 18.7 Å². The summed E-state index contributed by atoms with van der Waals surface area (Å²) >= 11 is 5.97. The van der Waals surface area contributed by atoms with Crippen molar-refractivity contribution in [3.8, 4) is 0 Å². The quantitative estimate of drug-likeness (QED) is 0.671. The number of carbonyl (C=O) groups excluding carboxylic acids is 1. The normalized spacial score (nSPS) is 14.9. The first-order valence-electron chi connectivity index (χ1n) is 9.58. The molecule has 6 nitrogen and oxygen atoms in total. The number of carbonyl (C=O) groups is 1. The average Bonchev–Trinajstić information content (AvgIpc) is 3.10. The molecule has 0 atom stereocenters. The van der Waals surface area contributed by atoms with Gasteiger partial charge in [-0.3, -0.25) is 4.79 Å². The second-order valence-corrected chi connectivity index (χ2v) is 7.91. The van der Waals surface area contributed by atoms with Crippen LogP contribution in [0.5, 0.6) is 0 Å². The number of piperazine rings is 1. The smallest absolute Gasteiger partial charge is 0.255 e. The summed E-state index contributed by atoms with van der Waals surface area (Å²) in [6.45, 7) is 9.01. The Bertz CT molecular complexity index is 1000. The molecule has 1 aromatic carbocycles. The number of hydrogen-bond acceptors (Lipinski definition) is 4. The van der Waals surface area contributed by atoms with Gasteiger partial charge in [0.2, 0.25) is 0 Å². The van der Waals surface area contributed by atoms with E-state index >= 15 is 0 Å². The van der Waals surface area contributed by atoms with E-state index in [2.05, 4.69) is 28.8 Å². The van der Waals surface area contributed by atoms with Crippen molar-refractivity contribution in [3.63, 3.8) is 0 Å². The summed E-state index contributed by atoms with van der Waals surface area (Å²) in [6.07, 6.45) is 1.79. The van der Waals surface area contributed by atoms with E-state index in [1.165, 1.54) is 0 Å². The number of fused-ring (bicyclic) bond motifs is 1. The maximum absolute atomic E-state index is 13.1. The lowest BCUT2D eigenvalue weighted by atomic mass is 10.1. The van der Waals surface area contributed by atoms with Crippen LogP contribution >= 0.6 is 11.6 Å². The number of aromatic nitrogens is 3. The molecule has 4 rings (SSSR count). The molecule has 3 heterocycles. The number of halogens is 1. The third kappa shape index (κ3) is 3.44. The number of hydrogen-bond donors (Lipinski definition) is 0. The monoisotopic (exact) mass is 397 g/mol. The summed E-state index contributed by atoms with van der Waals surface area (Å²) in [6, 6.07) is 10.00. The highest BCUT2D eigenvalue weighted by molar-refractivity contribution is 6.30. The summed E-state index contributed by atoms with van der Waals surface area (Å²) in [7, 11) is 0. The Balaban J connectivity index is 1.51. The molecular weight excluding hydrogens is 374 g/mol. The molecule has 1 aliphatic rings. The van der Waals surface area contributed by atoms with E-state index in [-0.39, 0.29) is 11.9 Å². The molecule has 1 amide bonds. The molecule has 2 aromatic heterocycles. The molecule has 28 heavy (non-hydrogen) atoms. The van der Waals surface area contributed by atoms with E-state index in [1.807, 2.05) is 46.8 Å². The first kappa shape index (κ1) is 18.7. The van der Waals surface area contributed by atoms with Gasteiger partial charge in [0.15, 0.2) is 5.65 Å². The van der Waals surface area contributed by atoms with Gasteiger partial charge in [0.1, 0.15) is 0 Å². The van der Waals surface area contributed by atoms with Gasteiger partial charge in [0.05, 0.1) is 17.5 Å². The Hall–Kier alpha value is -2.60. The average molecular weight is 398 g/mol. The van der Waals surface area contributed by atoms with Crippen LogP contribution in [-0.4, -0.2) is 51.8 Å². The molecule has 146 valence electrons. The van der Waals surface area contributed by atoms with Crippen molar-refractivity contribution in [2.75, 3.05) is 31.1 Å². The molecule has 0 saturated carbocycles. The van der Waals surface area contributed by atoms with Gasteiger partial charge in [-0.2, -0.15) is 5.10 Å². The summed E-state index contributed by atoms with van der Waals surface area (Å²) in [5.74, 6) is 0.0416. The third-order valence-corrected chi connectivity index (χ3v) is 5.49. The first-order chi connectivity index (χ1) is 13.4. The van der Waals surface area contributed by atoms with E-state index in [1.54, 1.807) is 6.20 Å². The third-order valence-electron chi connectivity index (χ3n) is 5.24. The van der Waals surface area contributed by atoms with Crippen LogP contribution in [0.2, 0.25) is 5.02 Å². The van der Waals surface area contributed by atoms with E-state index in [4.69, 9.17) is 11.6 Å². The van der Waals surface area contributed by atoms with Gasteiger partial charge in [-0.15, -0.1) is 0 Å². The van der Waals surface area contributed by atoms with Gasteiger partial charge >= 0.3 is 0 Å². The Morgan fingerprint density at radius 3 is 2.43 bits per heavy atom. The van der Waals surface area contributed by atoms with Crippen molar-refractivity contribution in [2.45, 2.75) is 26.8 Å². The highest BCUT2D eigenvalue weighted by Gasteiger charge is 2.24. The standard InChI is InChI=1S/C21H24ClN5O/c1-14(2)27-20-16(13-23-27)12-19(15(3)24-20)21(28)26-10-8-25(9-11-26)18-6-4-17(22)5-7-18/h4-7,12-14H,8-11H2,1-3H3. The molecule has 1 aliphatic heterocycles. The van der Waals surface area contributed by atoms with Crippen LogP contribution in [0, 0.1) is 6.92 Å². The van der Waals surface area contributed by atoms with Crippen LogP contribution in [0.3, 0.4) is 0 Å². The Labute approximate surface area is 169 Å². The van der Waals surface area contributed by atoms with Crippen molar-refractivity contribution in [3.05, 3.63) is 52.8 Å². The number of anilines is 1. The number of nitrogens with zero attached hydrogens (tertiary/aromatic N) is 5. The molecule has 7 heteroatoms. The highest BCUT2D eigenvalue weighted by Crippen LogP contribution is 2.23. The molecular formula is C21H24ClN5O. The van der Waals surface area contributed by atoms with Crippen molar-refractivity contribution in [2.24, 2.45) is 0 Å². The van der Waals surface area contributed by atoms with E-state index in [0.717, 1.165) is 40.5 Å². The van der Waals surface area contributed by atoms with E-state index in [9.17, 15) is 4.79 Å². The van der Waals surface area contributed by atoms with Gasteiger partial charge in [-0.25, -0.2) is 9.67 Å². The second kappa shape index (κ2) is 7.43. The lowest BCUT2D eigenvalue weighted by molar-refractivity contribution is 0.0746. The minimum absolute atomic E-state index is 0.0416. The Morgan fingerprint density at radius 2 is 1.79 bits per heavy atom. The minimum atomic E-state index is 0.0416. The molecule has 0 aliphatic carbocycles. The lowest BCUT2D eigenvalue weighted by Crippen LogP contribution is -2.49. The molecule has 1 fully saturated rings. The van der Waals surface area contributed by atoms with Crippen molar-refractivity contribution in [1.29, 1.82) is 0 Å². The number of benzene rings is 1. The number of amides is 1. The fourth-order valence-corrected chi connectivity index (χ4v) is 3.78. The Kier molecular flexibility index (Phi) is 4.98. The number of pyridine rings is 1. The Morgan fingerprint density at radius 1 is 1.11 bits per heavy atom. The van der Waals surface area contributed by atoms with Crippen LogP contribution < -0.4 is 4.90 Å². The summed E-state index contributed by atoms with van der Waals surface area (Å²) in [5.41, 5.74) is 3.38. The number of rotatable bonds is 3. The maximum Gasteiger partial charge on any atom is 0.255 e. The van der Waals surface area contributed by atoms with Crippen LogP contribution in [0.1, 0.15) is 35.9 Å². The SMILES string of the molecule is Cc1nc2c(cnn2C(C)C)cc1C(=O)N1CCN(c2ccc(Cl)cc2)CC1. The predicted molar refractivity (Wildman–Crippen MR) is 112 cm³/mol. The number of aryl methyl sites for hydroxylation is 1. The predicted octanol–water partition coefficient (Wildman–Crippen LogP) is 3.94. The molecule has 0 radical (unpaired) electrons. The molecule has 0 spiro atoms. The van der Waals surface area contributed by atoms with Crippen molar-refractivity contribution in [1.82, 2.24) is 19.7 Å². The van der Waals surface area contributed by atoms with Gasteiger partial charge < -0.3 is 9.80 Å². The molecule has 3 aromatic rings. The van der Waals surface area contributed by atoms with Gasteiger partial charge in [0, 0.05) is 48.3 Å². The highest BCUT2D eigenvalue weighted by atomic mass is 35.5. The van der Waals surface area contributed by atoms with Crippen LogP contribution in [-0.2, 0) is 0 Å². The fourth-order valence-electron chi connectivity index (χ4n) is 3.65. The van der Waals surface area contributed by atoms with Gasteiger partial charge in [-0.1, -0.05) is 11.6 Å². The summed E-state index contributed by atoms with van der Waals surface area (Å²) < 4.78 is 1.89. The van der Waals surface area contributed by atoms with Crippen molar-refractivity contribution < 1.29 is 4.79 Å².